The van der Waals surface area contributed by atoms with Crippen molar-refractivity contribution >= 4 is 11.3 Å². The van der Waals surface area contributed by atoms with Gasteiger partial charge in [-0.2, -0.15) is 15.3 Å². The van der Waals surface area contributed by atoms with Gasteiger partial charge in [-0.15, -0.1) is 11.3 Å². The van der Waals surface area contributed by atoms with Gasteiger partial charge in [-0.1, -0.05) is 18.2 Å². The van der Waals surface area contributed by atoms with Crippen molar-refractivity contribution < 1.29 is 0 Å². The van der Waals surface area contributed by atoms with E-state index in [4.69, 9.17) is 5.10 Å². The molecule has 0 N–H and O–H groups in total. The quantitative estimate of drug-likeness (QED) is 0.557. The van der Waals surface area contributed by atoms with E-state index in [1.807, 2.05) is 60.6 Å². The predicted molar refractivity (Wildman–Crippen MR) is 99.4 cm³/mol. The van der Waals surface area contributed by atoms with Crippen LogP contribution in [0.5, 0.6) is 0 Å². The van der Waals surface area contributed by atoms with Crippen molar-refractivity contribution in [1.82, 2.24) is 25.0 Å². The van der Waals surface area contributed by atoms with Gasteiger partial charge in [-0.3, -0.25) is 4.68 Å². The molecular weight excluding hydrogens is 330 g/mol. The molecule has 0 bridgehead atoms. The summed E-state index contributed by atoms with van der Waals surface area (Å²) >= 11 is 1.66. The highest BCUT2D eigenvalue weighted by Crippen LogP contribution is 2.24. The van der Waals surface area contributed by atoms with Crippen LogP contribution in [-0.4, -0.2) is 25.0 Å². The van der Waals surface area contributed by atoms with E-state index in [0.29, 0.717) is 0 Å². The van der Waals surface area contributed by atoms with E-state index in [1.165, 1.54) is 4.88 Å². The maximum absolute atomic E-state index is 4.70. The summed E-state index contributed by atoms with van der Waals surface area (Å²) in [5.41, 5.74) is 7.79. The first-order valence-corrected chi connectivity index (χ1v) is 8.90. The van der Waals surface area contributed by atoms with Crippen molar-refractivity contribution in [2.45, 2.75) is 20.4 Å². The molecule has 0 saturated heterocycles. The fourth-order valence-corrected chi connectivity index (χ4v) is 3.39. The first-order valence-electron chi connectivity index (χ1n) is 8.02. The van der Waals surface area contributed by atoms with Crippen molar-refractivity contribution in [1.29, 1.82) is 0 Å². The lowest BCUT2D eigenvalue weighted by molar-refractivity contribution is 0.693. The fraction of sp³-hybridized carbons (Fsp3) is 0.158. The number of hydrogen-bond donors (Lipinski definition) is 0. The highest BCUT2D eigenvalue weighted by atomic mass is 32.1. The van der Waals surface area contributed by atoms with E-state index in [2.05, 4.69) is 27.3 Å². The summed E-state index contributed by atoms with van der Waals surface area (Å²) in [6.45, 7) is 4.71. The molecule has 6 heteroatoms. The Labute approximate surface area is 150 Å². The van der Waals surface area contributed by atoms with Gasteiger partial charge in [0, 0.05) is 22.2 Å². The first-order chi connectivity index (χ1) is 12.2. The molecule has 3 heterocycles. The maximum Gasteiger partial charge on any atom is 0.0930 e. The van der Waals surface area contributed by atoms with Gasteiger partial charge >= 0.3 is 0 Å². The third kappa shape index (κ3) is 3.34. The molecule has 0 atom stereocenters. The molecule has 0 unspecified atom stereocenters. The van der Waals surface area contributed by atoms with Crippen molar-refractivity contribution in [3.05, 3.63) is 70.4 Å². The summed E-state index contributed by atoms with van der Waals surface area (Å²) in [5.74, 6) is 0. The van der Waals surface area contributed by atoms with Gasteiger partial charge in [-0.05, 0) is 38.1 Å². The topological polar surface area (TPSA) is 56.5 Å². The van der Waals surface area contributed by atoms with Crippen LogP contribution in [-0.2, 0) is 6.54 Å². The normalized spacial score (nSPS) is 11.0. The lowest BCUT2D eigenvalue weighted by Crippen LogP contribution is -2.00. The van der Waals surface area contributed by atoms with Gasteiger partial charge in [0.1, 0.15) is 0 Å². The van der Waals surface area contributed by atoms with Gasteiger partial charge in [-0.25, -0.2) is 4.98 Å². The second-order valence-corrected chi connectivity index (χ2v) is 6.84. The highest BCUT2D eigenvalue weighted by molar-refractivity contribution is 7.09. The molecule has 0 fully saturated rings. The Bertz CT molecular complexity index is 1000. The van der Waals surface area contributed by atoms with E-state index < -0.39 is 0 Å². The Morgan fingerprint density at radius 3 is 2.52 bits per heavy atom. The summed E-state index contributed by atoms with van der Waals surface area (Å²) in [4.78, 5) is 5.53. The minimum Gasteiger partial charge on any atom is -0.267 e. The molecule has 0 amide bonds. The molecule has 4 aromatic rings. The van der Waals surface area contributed by atoms with Crippen LogP contribution >= 0.6 is 11.3 Å². The van der Waals surface area contributed by atoms with Crippen molar-refractivity contribution in [3.8, 4) is 22.5 Å². The highest BCUT2D eigenvalue weighted by Gasteiger charge is 2.08. The molecule has 3 aromatic heterocycles. The molecule has 0 radical (unpaired) electrons. The number of hydrogen-bond acceptors (Lipinski definition) is 5. The van der Waals surface area contributed by atoms with Crippen LogP contribution in [0.15, 0.2) is 54.2 Å². The molecule has 25 heavy (non-hydrogen) atoms. The Kier molecular flexibility index (Phi) is 4.11. The van der Waals surface area contributed by atoms with Gasteiger partial charge in [0.15, 0.2) is 0 Å². The SMILES string of the molecule is Cc1ccc(-c2cccc(-c3ccn(Cc4scnc4C)n3)c2)nn1. The average molecular weight is 347 g/mol. The van der Waals surface area contributed by atoms with Crippen LogP contribution in [0, 0.1) is 13.8 Å². The van der Waals surface area contributed by atoms with Crippen molar-refractivity contribution in [3.63, 3.8) is 0 Å². The Morgan fingerprint density at radius 1 is 0.960 bits per heavy atom. The zero-order chi connectivity index (χ0) is 17.2. The number of thiazole rings is 1. The van der Waals surface area contributed by atoms with Crippen LogP contribution in [0.3, 0.4) is 0 Å². The summed E-state index contributed by atoms with van der Waals surface area (Å²) in [7, 11) is 0. The number of nitrogens with zero attached hydrogens (tertiary/aromatic N) is 5. The first kappa shape index (κ1) is 15.7. The fourth-order valence-electron chi connectivity index (χ4n) is 2.62. The smallest absolute Gasteiger partial charge is 0.0930 e. The second-order valence-electron chi connectivity index (χ2n) is 5.90. The van der Waals surface area contributed by atoms with Crippen LogP contribution in [0.1, 0.15) is 16.3 Å². The minimum absolute atomic E-state index is 0.750. The molecule has 0 aliphatic rings. The zero-order valence-electron chi connectivity index (χ0n) is 14.0. The molecular formula is C19H17N5S. The van der Waals surface area contributed by atoms with E-state index >= 15 is 0 Å². The van der Waals surface area contributed by atoms with Gasteiger partial charge in [0.05, 0.1) is 34.8 Å². The largest absolute Gasteiger partial charge is 0.267 e. The third-order valence-electron chi connectivity index (χ3n) is 4.04. The monoisotopic (exact) mass is 347 g/mol. The molecule has 0 aliphatic heterocycles. The standard InChI is InChI=1S/C19H17N5S/c1-13-6-7-17(22-21-13)15-4-3-5-16(10-15)18-8-9-24(23-18)11-19-14(2)20-12-25-19/h3-10,12H,11H2,1-2H3. The lowest BCUT2D eigenvalue weighted by Gasteiger charge is -2.03. The molecule has 124 valence electrons. The van der Waals surface area contributed by atoms with E-state index in [-0.39, 0.29) is 0 Å². The van der Waals surface area contributed by atoms with Crippen molar-refractivity contribution in [2.24, 2.45) is 0 Å². The Hall–Kier alpha value is -2.86. The van der Waals surface area contributed by atoms with Crippen LogP contribution in [0.4, 0.5) is 0 Å². The van der Waals surface area contributed by atoms with Crippen LogP contribution in [0.2, 0.25) is 0 Å². The number of aromatic nitrogens is 5. The maximum atomic E-state index is 4.70. The summed E-state index contributed by atoms with van der Waals surface area (Å²) < 4.78 is 1.95. The summed E-state index contributed by atoms with van der Waals surface area (Å²) in [6.07, 6.45) is 2.01. The number of benzene rings is 1. The summed E-state index contributed by atoms with van der Waals surface area (Å²) in [6, 6.07) is 14.2. The molecule has 0 spiro atoms. The molecule has 0 aliphatic carbocycles. The third-order valence-corrected chi connectivity index (χ3v) is 4.96. The molecule has 0 saturated carbocycles. The van der Waals surface area contributed by atoms with Gasteiger partial charge in [0.25, 0.3) is 0 Å². The Balaban J connectivity index is 1.61. The van der Waals surface area contributed by atoms with Gasteiger partial charge < -0.3 is 0 Å². The molecule has 5 nitrogen and oxygen atoms in total. The van der Waals surface area contributed by atoms with Crippen LogP contribution in [0.25, 0.3) is 22.5 Å². The van der Waals surface area contributed by atoms with E-state index in [1.54, 1.807) is 11.3 Å². The van der Waals surface area contributed by atoms with E-state index in [9.17, 15) is 0 Å². The summed E-state index contributed by atoms with van der Waals surface area (Å²) in [5, 5.41) is 13.1. The number of aryl methyl sites for hydroxylation is 2. The zero-order valence-corrected chi connectivity index (χ0v) is 14.9. The predicted octanol–water partition coefficient (Wildman–Crippen LogP) is 4.13. The lowest BCUT2D eigenvalue weighted by atomic mass is 10.1. The van der Waals surface area contributed by atoms with E-state index in [0.717, 1.165) is 40.4 Å². The number of rotatable bonds is 4. The average Bonchev–Trinajstić information content (AvgIpc) is 3.26. The molecule has 4 rings (SSSR count). The van der Waals surface area contributed by atoms with Crippen LogP contribution < -0.4 is 0 Å². The second kappa shape index (κ2) is 6.57. The van der Waals surface area contributed by atoms with Crippen molar-refractivity contribution in [2.75, 3.05) is 0 Å². The minimum atomic E-state index is 0.750. The Morgan fingerprint density at radius 2 is 1.80 bits per heavy atom. The molecule has 1 aromatic carbocycles. The van der Waals surface area contributed by atoms with Gasteiger partial charge in [0.2, 0.25) is 0 Å².